The summed E-state index contributed by atoms with van der Waals surface area (Å²) in [7, 11) is 0. The van der Waals surface area contributed by atoms with Gasteiger partial charge in [0.05, 0.1) is 0 Å². The molecular weight excluding hydrogens is 245 g/mol. The summed E-state index contributed by atoms with van der Waals surface area (Å²) in [4.78, 5) is 1.04. The lowest BCUT2D eigenvalue weighted by molar-refractivity contribution is 0.530. The Labute approximate surface area is 115 Å². The molecule has 102 valence electrons. The minimum Gasteiger partial charge on any atom is -0.312 e. The summed E-state index contributed by atoms with van der Waals surface area (Å²) in [6.45, 7) is 12.3. The predicted octanol–water partition coefficient (Wildman–Crippen LogP) is 4.46. The van der Waals surface area contributed by atoms with Crippen molar-refractivity contribution in [3.8, 4) is 0 Å². The number of nitrogens with one attached hydrogen (secondary N) is 1. The van der Waals surface area contributed by atoms with E-state index in [1.54, 1.807) is 23.9 Å². The second-order valence-corrected chi connectivity index (χ2v) is 7.82. The highest BCUT2D eigenvalue weighted by molar-refractivity contribution is 8.00. The van der Waals surface area contributed by atoms with Gasteiger partial charge in [0.2, 0.25) is 0 Å². The van der Waals surface area contributed by atoms with Gasteiger partial charge in [0.1, 0.15) is 5.82 Å². The van der Waals surface area contributed by atoms with Crippen LogP contribution in [0.4, 0.5) is 4.39 Å². The molecule has 0 spiro atoms. The topological polar surface area (TPSA) is 12.0 Å². The van der Waals surface area contributed by atoms with Crippen molar-refractivity contribution in [3.05, 3.63) is 29.6 Å². The van der Waals surface area contributed by atoms with E-state index in [1.165, 1.54) is 0 Å². The average Bonchev–Trinajstić information content (AvgIpc) is 2.19. The first kappa shape index (κ1) is 15.5. The second-order valence-electron chi connectivity index (χ2n) is 5.96. The van der Waals surface area contributed by atoms with Crippen molar-refractivity contribution in [2.75, 3.05) is 6.54 Å². The summed E-state index contributed by atoms with van der Waals surface area (Å²) >= 11 is 1.72. The van der Waals surface area contributed by atoms with Crippen LogP contribution in [0.15, 0.2) is 23.1 Å². The summed E-state index contributed by atoms with van der Waals surface area (Å²) in [6.07, 6.45) is 0. The maximum absolute atomic E-state index is 13.9. The molecule has 0 saturated heterocycles. The summed E-state index contributed by atoms with van der Waals surface area (Å²) in [5, 5.41) is 3.31. The molecule has 0 bridgehead atoms. The van der Waals surface area contributed by atoms with E-state index in [4.69, 9.17) is 0 Å². The molecule has 18 heavy (non-hydrogen) atoms. The fraction of sp³-hybridized carbons (Fsp3) is 0.600. The third kappa shape index (κ3) is 5.40. The Balaban J connectivity index is 2.80. The molecule has 1 nitrogen and oxygen atoms in total. The fourth-order valence-electron chi connectivity index (χ4n) is 1.62. The van der Waals surface area contributed by atoms with Crippen LogP contribution in [0.5, 0.6) is 0 Å². The van der Waals surface area contributed by atoms with E-state index >= 15 is 0 Å². The van der Waals surface area contributed by atoms with E-state index in [9.17, 15) is 4.39 Å². The van der Waals surface area contributed by atoms with Gasteiger partial charge in [-0.2, -0.15) is 0 Å². The lowest BCUT2D eigenvalue weighted by atomic mass is 10.2. The van der Waals surface area contributed by atoms with Crippen molar-refractivity contribution in [3.63, 3.8) is 0 Å². The highest BCUT2D eigenvalue weighted by Gasteiger charge is 2.16. The summed E-state index contributed by atoms with van der Waals surface area (Å²) < 4.78 is 14.0. The Morgan fingerprint density at radius 2 is 1.94 bits per heavy atom. The normalized spacial score (nSPS) is 12.2. The van der Waals surface area contributed by atoms with E-state index < -0.39 is 0 Å². The van der Waals surface area contributed by atoms with Gasteiger partial charge in [0.15, 0.2) is 0 Å². The van der Waals surface area contributed by atoms with Crippen molar-refractivity contribution in [1.82, 2.24) is 5.32 Å². The van der Waals surface area contributed by atoms with E-state index in [0.717, 1.165) is 17.0 Å². The molecule has 1 rings (SSSR count). The van der Waals surface area contributed by atoms with Gasteiger partial charge in [0.25, 0.3) is 0 Å². The van der Waals surface area contributed by atoms with Crippen LogP contribution in [-0.2, 0) is 6.54 Å². The SMILES string of the molecule is CC(C)CNCc1c(F)cccc1SC(C)(C)C. The first-order chi connectivity index (χ1) is 8.29. The van der Waals surface area contributed by atoms with Crippen LogP contribution >= 0.6 is 11.8 Å². The number of thioether (sulfide) groups is 1. The number of hydrogen-bond donors (Lipinski definition) is 1. The van der Waals surface area contributed by atoms with E-state index in [2.05, 4.69) is 39.9 Å². The molecule has 0 amide bonds. The lowest BCUT2D eigenvalue weighted by Crippen LogP contribution is -2.20. The van der Waals surface area contributed by atoms with Crippen LogP contribution in [0.25, 0.3) is 0 Å². The van der Waals surface area contributed by atoms with Gasteiger partial charge in [-0.1, -0.05) is 40.7 Å². The molecular formula is C15H24FNS. The molecule has 1 aromatic carbocycles. The molecule has 0 fully saturated rings. The first-order valence-electron chi connectivity index (χ1n) is 6.46. The van der Waals surface area contributed by atoms with E-state index in [0.29, 0.717) is 12.5 Å². The molecule has 0 heterocycles. The summed E-state index contributed by atoms with van der Waals surface area (Å²) in [5.74, 6) is 0.469. The van der Waals surface area contributed by atoms with Crippen LogP contribution in [0.1, 0.15) is 40.2 Å². The number of hydrogen-bond acceptors (Lipinski definition) is 2. The minimum atomic E-state index is -0.111. The predicted molar refractivity (Wildman–Crippen MR) is 78.6 cm³/mol. The zero-order valence-electron chi connectivity index (χ0n) is 12.0. The van der Waals surface area contributed by atoms with Gasteiger partial charge >= 0.3 is 0 Å². The third-order valence-corrected chi connectivity index (χ3v) is 3.56. The molecule has 0 aliphatic carbocycles. The monoisotopic (exact) mass is 269 g/mol. The van der Waals surface area contributed by atoms with Crippen molar-refractivity contribution in [2.45, 2.75) is 50.8 Å². The Morgan fingerprint density at radius 3 is 2.50 bits per heavy atom. The van der Waals surface area contributed by atoms with Gasteiger partial charge in [-0.3, -0.25) is 0 Å². The largest absolute Gasteiger partial charge is 0.312 e. The number of halogens is 1. The highest BCUT2D eigenvalue weighted by atomic mass is 32.2. The van der Waals surface area contributed by atoms with Gasteiger partial charge in [0, 0.05) is 21.8 Å². The standard InChI is InChI=1S/C15H24FNS/c1-11(2)9-17-10-12-13(16)7-6-8-14(12)18-15(3,4)5/h6-8,11,17H,9-10H2,1-5H3. The average molecular weight is 269 g/mol. The molecule has 0 saturated carbocycles. The smallest absolute Gasteiger partial charge is 0.128 e. The number of benzene rings is 1. The molecule has 0 atom stereocenters. The molecule has 1 aromatic rings. The van der Waals surface area contributed by atoms with Crippen LogP contribution in [0.2, 0.25) is 0 Å². The molecule has 1 N–H and O–H groups in total. The van der Waals surface area contributed by atoms with E-state index in [-0.39, 0.29) is 10.6 Å². The zero-order chi connectivity index (χ0) is 13.8. The Morgan fingerprint density at radius 1 is 1.28 bits per heavy atom. The van der Waals surface area contributed by atoms with Crippen LogP contribution in [0, 0.1) is 11.7 Å². The molecule has 0 aromatic heterocycles. The highest BCUT2D eigenvalue weighted by Crippen LogP contribution is 2.34. The Kier molecular flexibility index (Phi) is 5.67. The first-order valence-corrected chi connectivity index (χ1v) is 7.28. The Bertz CT molecular complexity index is 383. The zero-order valence-corrected chi connectivity index (χ0v) is 12.8. The number of rotatable bonds is 5. The van der Waals surface area contributed by atoms with Crippen LogP contribution in [-0.4, -0.2) is 11.3 Å². The Hall–Kier alpha value is -0.540. The quantitative estimate of drug-likeness (QED) is 0.792. The van der Waals surface area contributed by atoms with Crippen molar-refractivity contribution in [1.29, 1.82) is 0 Å². The molecule has 0 aliphatic rings. The maximum atomic E-state index is 13.9. The van der Waals surface area contributed by atoms with Crippen molar-refractivity contribution >= 4 is 11.8 Å². The molecule has 0 radical (unpaired) electrons. The summed E-state index contributed by atoms with van der Waals surface area (Å²) in [5.41, 5.74) is 0.790. The second kappa shape index (κ2) is 6.58. The van der Waals surface area contributed by atoms with Crippen molar-refractivity contribution < 1.29 is 4.39 Å². The van der Waals surface area contributed by atoms with Crippen LogP contribution in [0.3, 0.4) is 0 Å². The van der Waals surface area contributed by atoms with Gasteiger partial charge < -0.3 is 5.32 Å². The van der Waals surface area contributed by atoms with Gasteiger partial charge in [-0.15, -0.1) is 11.8 Å². The molecule has 0 unspecified atom stereocenters. The molecule has 3 heteroatoms. The lowest BCUT2D eigenvalue weighted by Gasteiger charge is -2.20. The third-order valence-electron chi connectivity index (χ3n) is 2.35. The molecule has 0 aliphatic heterocycles. The van der Waals surface area contributed by atoms with Crippen molar-refractivity contribution in [2.24, 2.45) is 5.92 Å². The van der Waals surface area contributed by atoms with Gasteiger partial charge in [-0.05, 0) is 24.6 Å². The maximum Gasteiger partial charge on any atom is 0.128 e. The van der Waals surface area contributed by atoms with E-state index in [1.807, 2.05) is 6.07 Å². The van der Waals surface area contributed by atoms with Gasteiger partial charge in [-0.25, -0.2) is 4.39 Å². The fourth-order valence-corrected chi connectivity index (χ4v) is 2.72. The van der Waals surface area contributed by atoms with Crippen LogP contribution < -0.4 is 5.32 Å². The summed E-state index contributed by atoms with van der Waals surface area (Å²) in [6, 6.07) is 5.33. The minimum absolute atomic E-state index is 0.0978.